The molecule has 156 valence electrons. The maximum atomic E-state index is 13.1. The minimum absolute atomic E-state index is 0.208. The molecule has 1 aliphatic rings. The summed E-state index contributed by atoms with van der Waals surface area (Å²) in [6.07, 6.45) is 0.652. The van der Waals surface area contributed by atoms with Gasteiger partial charge in [0.05, 0.1) is 5.56 Å². The van der Waals surface area contributed by atoms with E-state index in [1.54, 1.807) is 32.0 Å². The lowest BCUT2D eigenvalue weighted by Gasteiger charge is -2.34. The summed E-state index contributed by atoms with van der Waals surface area (Å²) in [5.41, 5.74) is 11.6. The number of carbonyl (C=O) groups excluding carboxylic acids is 2. The molecule has 29 heavy (non-hydrogen) atoms. The van der Waals surface area contributed by atoms with Crippen molar-refractivity contribution in [2.45, 2.75) is 32.2 Å². The van der Waals surface area contributed by atoms with Crippen LogP contribution in [0.25, 0.3) is 11.0 Å². The van der Waals surface area contributed by atoms with Gasteiger partial charge < -0.3 is 30.7 Å². The van der Waals surface area contributed by atoms with Crippen molar-refractivity contribution in [3.05, 3.63) is 40.1 Å². The molecule has 1 aromatic carbocycles. The van der Waals surface area contributed by atoms with E-state index in [1.807, 2.05) is 0 Å². The van der Waals surface area contributed by atoms with Crippen LogP contribution >= 0.6 is 12.6 Å². The van der Waals surface area contributed by atoms with Crippen molar-refractivity contribution in [2.24, 2.45) is 11.5 Å². The second kappa shape index (κ2) is 8.38. The fourth-order valence-corrected chi connectivity index (χ4v) is 3.33. The number of allylic oxidation sites excluding steroid dienone is 1. The van der Waals surface area contributed by atoms with Crippen molar-refractivity contribution in [2.75, 3.05) is 19.8 Å². The highest BCUT2D eigenvalue weighted by Gasteiger charge is 2.40. The van der Waals surface area contributed by atoms with Crippen LogP contribution in [-0.4, -0.2) is 37.2 Å². The quantitative estimate of drug-likeness (QED) is 0.530. The second-order valence-electron chi connectivity index (χ2n) is 7.12. The highest BCUT2D eigenvalue weighted by molar-refractivity contribution is 7.84. The van der Waals surface area contributed by atoms with E-state index in [2.05, 4.69) is 17.9 Å². The van der Waals surface area contributed by atoms with Crippen LogP contribution < -0.4 is 21.5 Å². The Morgan fingerprint density at radius 2 is 1.97 bits per heavy atom. The van der Waals surface area contributed by atoms with Crippen LogP contribution in [0.2, 0.25) is 0 Å². The first kappa shape index (κ1) is 21.1. The van der Waals surface area contributed by atoms with E-state index in [4.69, 9.17) is 25.4 Å². The van der Waals surface area contributed by atoms with Gasteiger partial charge in [-0.05, 0) is 32.0 Å². The predicted octanol–water partition coefficient (Wildman–Crippen LogP) is 2.00. The molecule has 0 unspecified atom stereocenters. The van der Waals surface area contributed by atoms with Gasteiger partial charge in [0.2, 0.25) is 5.91 Å². The molecule has 5 N–H and O–H groups in total. The number of fused-ring (bicyclic) bond motifs is 1. The van der Waals surface area contributed by atoms with Gasteiger partial charge in [-0.3, -0.25) is 9.59 Å². The average molecular weight is 420 g/mol. The molecular formula is C20H25N3O5S. The third kappa shape index (κ3) is 4.35. The van der Waals surface area contributed by atoms with E-state index >= 15 is 0 Å². The van der Waals surface area contributed by atoms with Gasteiger partial charge in [-0.1, -0.05) is 0 Å². The Morgan fingerprint density at radius 1 is 1.28 bits per heavy atom. The highest BCUT2D eigenvalue weighted by Crippen LogP contribution is 2.30. The van der Waals surface area contributed by atoms with Gasteiger partial charge in [-0.15, -0.1) is 12.6 Å². The Hall–Kier alpha value is -2.65. The molecule has 0 atom stereocenters. The maximum absolute atomic E-state index is 13.1. The fraction of sp³-hybridized carbons (Fsp3) is 0.400. The summed E-state index contributed by atoms with van der Waals surface area (Å²) >= 11 is 4.28. The van der Waals surface area contributed by atoms with E-state index < -0.39 is 17.4 Å². The summed E-state index contributed by atoms with van der Waals surface area (Å²) in [5, 5.41) is 3.40. The standard InChI is InChI=1S/C20H25N3O5S/c1-11(21)16(29)10-27-13-3-4-15-14(9-13)17(12(2)28-15)18(24)23-20(19(22)25)5-7-26-8-6-20/h3-4,9,29H,5-8,10,21H2,1-2H3,(H2,22,25)(H,23,24)/b16-11-. The van der Waals surface area contributed by atoms with E-state index in [0.717, 1.165) is 0 Å². The molecule has 9 heteroatoms. The van der Waals surface area contributed by atoms with Gasteiger partial charge in [0.15, 0.2) is 0 Å². The van der Waals surface area contributed by atoms with Crippen LogP contribution in [-0.2, 0) is 9.53 Å². The number of primary amides is 1. The topological polar surface area (TPSA) is 130 Å². The Morgan fingerprint density at radius 3 is 2.59 bits per heavy atom. The normalized spacial score (nSPS) is 16.9. The van der Waals surface area contributed by atoms with Crippen molar-refractivity contribution >= 4 is 35.4 Å². The summed E-state index contributed by atoms with van der Waals surface area (Å²) in [4.78, 5) is 25.8. The number of furan rings is 1. The van der Waals surface area contributed by atoms with E-state index in [-0.39, 0.29) is 6.61 Å². The number of thiol groups is 1. The van der Waals surface area contributed by atoms with Crippen LogP contribution in [0.15, 0.2) is 33.2 Å². The van der Waals surface area contributed by atoms with Crippen LogP contribution in [0.1, 0.15) is 35.9 Å². The van der Waals surface area contributed by atoms with Crippen LogP contribution in [0.3, 0.4) is 0 Å². The minimum Gasteiger partial charge on any atom is -0.488 e. The first-order valence-corrected chi connectivity index (χ1v) is 9.68. The van der Waals surface area contributed by atoms with Crippen LogP contribution in [0.5, 0.6) is 5.75 Å². The number of aryl methyl sites for hydroxylation is 1. The van der Waals surface area contributed by atoms with Crippen molar-refractivity contribution in [1.82, 2.24) is 5.32 Å². The summed E-state index contributed by atoms with van der Waals surface area (Å²) in [6, 6.07) is 5.18. The highest BCUT2D eigenvalue weighted by atomic mass is 32.1. The molecular weight excluding hydrogens is 394 g/mol. The molecule has 1 fully saturated rings. The number of amides is 2. The molecule has 3 rings (SSSR count). The van der Waals surface area contributed by atoms with Gasteiger partial charge in [0.1, 0.15) is 29.2 Å². The monoisotopic (exact) mass is 419 g/mol. The molecule has 2 aromatic rings. The zero-order chi connectivity index (χ0) is 21.2. The Kier molecular flexibility index (Phi) is 6.09. The van der Waals surface area contributed by atoms with Gasteiger partial charge in [0, 0.05) is 42.0 Å². The summed E-state index contributed by atoms with van der Waals surface area (Å²) in [7, 11) is 0. The Balaban J connectivity index is 1.90. The van der Waals surface area contributed by atoms with E-state index in [1.165, 1.54) is 0 Å². The molecule has 8 nitrogen and oxygen atoms in total. The zero-order valence-corrected chi connectivity index (χ0v) is 17.3. The summed E-state index contributed by atoms with van der Waals surface area (Å²) in [6.45, 7) is 4.35. The van der Waals surface area contributed by atoms with Crippen molar-refractivity contribution < 1.29 is 23.5 Å². The number of benzene rings is 1. The smallest absolute Gasteiger partial charge is 0.256 e. The predicted molar refractivity (Wildman–Crippen MR) is 112 cm³/mol. The third-order valence-corrected chi connectivity index (χ3v) is 5.55. The van der Waals surface area contributed by atoms with E-state index in [0.29, 0.717) is 64.7 Å². The number of hydrogen-bond donors (Lipinski definition) is 4. The molecule has 0 saturated carbocycles. The van der Waals surface area contributed by atoms with Gasteiger partial charge in [0.25, 0.3) is 5.91 Å². The molecule has 0 spiro atoms. The number of hydrogen-bond acceptors (Lipinski definition) is 7. The first-order chi connectivity index (χ1) is 13.7. The largest absolute Gasteiger partial charge is 0.488 e. The van der Waals surface area contributed by atoms with Gasteiger partial charge >= 0.3 is 0 Å². The van der Waals surface area contributed by atoms with E-state index in [9.17, 15) is 9.59 Å². The Labute approximate surface area is 174 Å². The molecule has 1 aromatic heterocycles. The molecule has 0 aliphatic carbocycles. The van der Waals surface area contributed by atoms with Gasteiger partial charge in [-0.2, -0.15) is 0 Å². The molecule has 1 aliphatic heterocycles. The van der Waals surface area contributed by atoms with Crippen LogP contribution in [0, 0.1) is 6.92 Å². The number of ether oxygens (including phenoxy) is 2. The molecule has 2 heterocycles. The van der Waals surface area contributed by atoms with Crippen molar-refractivity contribution in [3.63, 3.8) is 0 Å². The third-order valence-electron chi connectivity index (χ3n) is 5.06. The maximum Gasteiger partial charge on any atom is 0.256 e. The lowest BCUT2D eigenvalue weighted by molar-refractivity contribution is -0.127. The number of nitrogens with one attached hydrogen (secondary N) is 1. The van der Waals surface area contributed by atoms with Crippen LogP contribution in [0.4, 0.5) is 0 Å². The lowest BCUT2D eigenvalue weighted by Crippen LogP contribution is -2.60. The molecule has 0 radical (unpaired) electrons. The van der Waals surface area contributed by atoms with Crippen molar-refractivity contribution in [3.8, 4) is 5.75 Å². The zero-order valence-electron chi connectivity index (χ0n) is 16.4. The number of carbonyl (C=O) groups is 2. The van der Waals surface area contributed by atoms with Crippen molar-refractivity contribution in [1.29, 1.82) is 0 Å². The average Bonchev–Trinajstić information content (AvgIpc) is 3.01. The molecule has 2 amide bonds. The lowest BCUT2D eigenvalue weighted by atomic mass is 9.88. The number of rotatable bonds is 6. The Bertz CT molecular complexity index is 972. The first-order valence-electron chi connectivity index (χ1n) is 9.24. The van der Waals surface area contributed by atoms with Gasteiger partial charge in [-0.25, -0.2) is 0 Å². The molecule has 0 bridgehead atoms. The summed E-state index contributed by atoms with van der Waals surface area (Å²) < 4.78 is 16.7. The number of nitrogens with two attached hydrogens (primary N) is 2. The molecule has 1 saturated heterocycles. The fourth-order valence-electron chi connectivity index (χ4n) is 3.27. The SMILES string of the molecule is C/C(N)=C(/S)COc1ccc2oc(C)c(C(=O)NC3(C(N)=O)CCOCC3)c2c1. The minimum atomic E-state index is -1.14. The summed E-state index contributed by atoms with van der Waals surface area (Å²) in [5.74, 6) is -0.0229. The second-order valence-corrected chi connectivity index (χ2v) is 7.66.